The van der Waals surface area contributed by atoms with Crippen LogP contribution in [0.15, 0.2) is 24.3 Å². The Morgan fingerprint density at radius 3 is 2.08 bits per heavy atom. The van der Waals surface area contributed by atoms with Crippen molar-refractivity contribution in [3.8, 4) is 0 Å². The summed E-state index contributed by atoms with van der Waals surface area (Å²) in [6.07, 6.45) is 8.70. The normalized spacial score (nSPS) is 18.8. The van der Waals surface area contributed by atoms with Crippen LogP contribution in [0.3, 0.4) is 0 Å². The Morgan fingerprint density at radius 1 is 0.885 bits per heavy atom. The van der Waals surface area contributed by atoms with Gasteiger partial charge in [-0.2, -0.15) is 0 Å². The Morgan fingerprint density at radius 2 is 1.46 bits per heavy atom. The van der Waals surface area contributed by atoms with Gasteiger partial charge in [-0.15, -0.1) is 0 Å². The molecule has 2 N–H and O–H groups in total. The molecule has 142 valence electrons. The summed E-state index contributed by atoms with van der Waals surface area (Å²) >= 11 is 0. The third kappa shape index (κ3) is 5.23. The molecule has 0 atom stereocenters. The van der Waals surface area contributed by atoms with E-state index in [2.05, 4.69) is 0 Å². The van der Waals surface area contributed by atoms with E-state index in [0.717, 1.165) is 17.9 Å². The van der Waals surface area contributed by atoms with Crippen molar-refractivity contribution in [2.75, 3.05) is 31.9 Å². The molecule has 1 aliphatic heterocycles. The van der Waals surface area contributed by atoms with Crippen molar-refractivity contribution in [1.29, 1.82) is 0 Å². The van der Waals surface area contributed by atoms with Crippen LogP contribution in [-0.4, -0.2) is 47.8 Å². The standard InChI is InChI=1S/C21H31N3O2/c22-19-9-6-18(7-10-19)16-21(26)24-14-12-23(13-15-24)20(25)11-8-17-4-2-1-3-5-17/h6-7,9-10,17H,1-5,8,11-16,22H2. The predicted molar refractivity (Wildman–Crippen MR) is 104 cm³/mol. The van der Waals surface area contributed by atoms with Gasteiger partial charge >= 0.3 is 0 Å². The molecule has 5 heteroatoms. The fourth-order valence-corrected chi connectivity index (χ4v) is 4.09. The van der Waals surface area contributed by atoms with E-state index in [1.165, 1.54) is 32.1 Å². The molecule has 1 aromatic rings. The molecule has 2 amide bonds. The largest absolute Gasteiger partial charge is 0.399 e. The van der Waals surface area contributed by atoms with Crippen LogP contribution < -0.4 is 5.73 Å². The second-order valence-electron chi connectivity index (χ2n) is 7.72. The van der Waals surface area contributed by atoms with Crippen LogP contribution >= 0.6 is 0 Å². The van der Waals surface area contributed by atoms with Crippen LogP contribution in [0.5, 0.6) is 0 Å². The van der Waals surface area contributed by atoms with Crippen LogP contribution in [-0.2, 0) is 16.0 Å². The first kappa shape index (κ1) is 18.7. The molecule has 0 unspecified atom stereocenters. The van der Waals surface area contributed by atoms with Crippen LogP contribution in [0.1, 0.15) is 50.5 Å². The fourth-order valence-electron chi connectivity index (χ4n) is 4.09. The number of benzene rings is 1. The van der Waals surface area contributed by atoms with Gasteiger partial charge in [-0.1, -0.05) is 44.2 Å². The van der Waals surface area contributed by atoms with E-state index in [0.29, 0.717) is 44.7 Å². The molecule has 0 bridgehead atoms. The van der Waals surface area contributed by atoms with Crippen molar-refractivity contribution in [3.63, 3.8) is 0 Å². The third-order valence-electron chi connectivity index (χ3n) is 5.81. The van der Waals surface area contributed by atoms with E-state index in [1.807, 2.05) is 34.1 Å². The fraction of sp³-hybridized carbons (Fsp3) is 0.619. The first-order valence-corrected chi connectivity index (χ1v) is 10.0. The number of anilines is 1. The second kappa shape index (κ2) is 9.06. The van der Waals surface area contributed by atoms with E-state index in [-0.39, 0.29) is 11.8 Å². The third-order valence-corrected chi connectivity index (χ3v) is 5.81. The van der Waals surface area contributed by atoms with Crippen LogP contribution in [0.2, 0.25) is 0 Å². The first-order chi connectivity index (χ1) is 12.6. The number of carbonyl (C=O) groups is 2. The Kier molecular flexibility index (Phi) is 6.53. The molecule has 1 saturated heterocycles. The number of nitrogens with two attached hydrogens (primary N) is 1. The SMILES string of the molecule is Nc1ccc(CC(=O)N2CCN(C(=O)CCC3CCCCC3)CC2)cc1. The van der Waals surface area contributed by atoms with Gasteiger partial charge in [0, 0.05) is 38.3 Å². The van der Waals surface area contributed by atoms with Gasteiger partial charge in [0.05, 0.1) is 6.42 Å². The lowest BCUT2D eigenvalue weighted by Crippen LogP contribution is -2.51. The second-order valence-corrected chi connectivity index (χ2v) is 7.72. The Hall–Kier alpha value is -2.04. The summed E-state index contributed by atoms with van der Waals surface area (Å²) in [6.45, 7) is 2.61. The highest BCUT2D eigenvalue weighted by Gasteiger charge is 2.24. The van der Waals surface area contributed by atoms with Crippen molar-refractivity contribution in [2.24, 2.45) is 5.92 Å². The zero-order valence-electron chi connectivity index (χ0n) is 15.7. The van der Waals surface area contributed by atoms with Gasteiger partial charge in [0.1, 0.15) is 0 Å². The van der Waals surface area contributed by atoms with E-state index >= 15 is 0 Å². The summed E-state index contributed by atoms with van der Waals surface area (Å²) in [5.41, 5.74) is 7.37. The predicted octanol–water partition coefficient (Wildman–Crippen LogP) is 2.84. The molecule has 2 aliphatic rings. The lowest BCUT2D eigenvalue weighted by atomic mass is 9.86. The van der Waals surface area contributed by atoms with Crippen molar-refractivity contribution in [3.05, 3.63) is 29.8 Å². The minimum Gasteiger partial charge on any atom is -0.399 e. The Bertz CT molecular complexity index is 600. The van der Waals surface area contributed by atoms with Crippen molar-refractivity contribution in [1.82, 2.24) is 9.80 Å². The smallest absolute Gasteiger partial charge is 0.227 e. The number of hydrogen-bond acceptors (Lipinski definition) is 3. The van der Waals surface area contributed by atoms with Gasteiger partial charge in [0.15, 0.2) is 0 Å². The average Bonchev–Trinajstić information content (AvgIpc) is 2.69. The number of nitrogens with zero attached hydrogens (tertiary/aromatic N) is 2. The maximum atomic E-state index is 12.5. The summed E-state index contributed by atoms with van der Waals surface area (Å²) in [6, 6.07) is 7.45. The minimum absolute atomic E-state index is 0.129. The topological polar surface area (TPSA) is 66.6 Å². The molecular formula is C21H31N3O2. The lowest BCUT2D eigenvalue weighted by Gasteiger charge is -2.35. The summed E-state index contributed by atoms with van der Waals surface area (Å²) in [7, 11) is 0. The highest BCUT2D eigenvalue weighted by molar-refractivity contribution is 5.80. The van der Waals surface area contributed by atoms with Gasteiger partial charge in [-0.25, -0.2) is 0 Å². The van der Waals surface area contributed by atoms with Gasteiger partial charge in [0.25, 0.3) is 0 Å². The summed E-state index contributed by atoms with van der Waals surface area (Å²) in [4.78, 5) is 28.7. The number of piperazine rings is 1. The van der Waals surface area contributed by atoms with Crippen LogP contribution in [0, 0.1) is 5.92 Å². The average molecular weight is 357 g/mol. The summed E-state index contributed by atoms with van der Waals surface area (Å²) in [5.74, 6) is 1.14. The van der Waals surface area contributed by atoms with E-state index in [1.54, 1.807) is 0 Å². The van der Waals surface area contributed by atoms with Crippen LogP contribution in [0.25, 0.3) is 0 Å². The quantitative estimate of drug-likeness (QED) is 0.824. The Labute approximate surface area is 156 Å². The molecule has 2 fully saturated rings. The maximum Gasteiger partial charge on any atom is 0.227 e. The Balaban J connectivity index is 1.39. The van der Waals surface area contributed by atoms with E-state index in [4.69, 9.17) is 5.73 Å². The molecule has 1 aromatic carbocycles. The van der Waals surface area contributed by atoms with Gasteiger partial charge in [0.2, 0.25) is 11.8 Å². The molecule has 0 aromatic heterocycles. The monoisotopic (exact) mass is 357 g/mol. The number of hydrogen-bond donors (Lipinski definition) is 1. The number of amides is 2. The molecule has 1 heterocycles. The highest BCUT2D eigenvalue weighted by Crippen LogP contribution is 2.27. The van der Waals surface area contributed by atoms with E-state index in [9.17, 15) is 9.59 Å². The van der Waals surface area contributed by atoms with Gasteiger partial charge < -0.3 is 15.5 Å². The zero-order chi connectivity index (χ0) is 18.4. The molecular weight excluding hydrogens is 326 g/mol. The summed E-state index contributed by atoms with van der Waals surface area (Å²) in [5, 5.41) is 0. The number of rotatable bonds is 5. The molecule has 26 heavy (non-hydrogen) atoms. The molecule has 1 aliphatic carbocycles. The molecule has 5 nitrogen and oxygen atoms in total. The lowest BCUT2D eigenvalue weighted by molar-refractivity contribution is -0.139. The molecule has 3 rings (SSSR count). The highest BCUT2D eigenvalue weighted by atomic mass is 16.2. The summed E-state index contributed by atoms with van der Waals surface area (Å²) < 4.78 is 0. The van der Waals surface area contributed by atoms with Crippen LogP contribution in [0.4, 0.5) is 5.69 Å². The molecule has 1 saturated carbocycles. The molecule has 0 spiro atoms. The van der Waals surface area contributed by atoms with E-state index < -0.39 is 0 Å². The van der Waals surface area contributed by atoms with Gasteiger partial charge in [-0.05, 0) is 30.0 Å². The maximum absolute atomic E-state index is 12.5. The molecule has 0 radical (unpaired) electrons. The number of nitrogen functional groups attached to an aromatic ring is 1. The van der Waals surface area contributed by atoms with Gasteiger partial charge in [-0.3, -0.25) is 9.59 Å². The van der Waals surface area contributed by atoms with Crippen molar-refractivity contribution in [2.45, 2.75) is 51.4 Å². The minimum atomic E-state index is 0.129. The zero-order valence-corrected chi connectivity index (χ0v) is 15.7. The first-order valence-electron chi connectivity index (χ1n) is 10.0. The van der Waals surface area contributed by atoms with Crippen molar-refractivity contribution >= 4 is 17.5 Å². The van der Waals surface area contributed by atoms with Crippen molar-refractivity contribution < 1.29 is 9.59 Å². The number of carbonyl (C=O) groups excluding carboxylic acids is 2.